The van der Waals surface area contributed by atoms with Crippen molar-refractivity contribution in [3.05, 3.63) is 76.5 Å². The van der Waals surface area contributed by atoms with Crippen molar-refractivity contribution in [2.75, 3.05) is 5.32 Å². The smallest absolute Gasteiger partial charge is 0.162 e. The van der Waals surface area contributed by atoms with Crippen molar-refractivity contribution in [1.29, 1.82) is 0 Å². The molecule has 0 fully saturated rings. The van der Waals surface area contributed by atoms with Crippen molar-refractivity contribution in [3.8, 4) is 11.4 Å². The summed E-state index contributed by atoms with van der Waals surface area (Å²) < 4.78 is 0. The maximum absolute atomic E-state index is 4.78. The monoisotopic (exact) mass is 331 g/mol. The number of hydrogen-bond donors (Lipinski definition) is 1. The molecule has 0 bridgehead atoms. The second kappa shape index (κ2) is 6.42. The highest BCUT2D eigenvalue weighted by Gasteiger charge is 2.09. The zero-order valence-electron chi connectivity index (χ0n) is 13.4. The number of nitrogens with one attached hydrogen (secondary N) is 1. The van der Waals surface area contributed by atoms with Gasteiger partial charge in [0.1, 0.15) is 5.82 Å². The van der Waals surface area contributed by atoms with Crippen molar-refractivity contribution < 1.29 is 0 Å². The third kappa shape index (κ3) is 3.01. The molecule has 2 heterocycles. The normalized spacial score (nSPS) is 10.9. The SMILES string of the molecule is Cc1ccc(-c2nc(NCc3cccs3)c3ccccc3n2)cc1. The molecule has 4 rings (SSSR count). The molecule has 1 N–H and O–H groups in total. The molecule has 0 aliphatic carbocycles. The third-order valence-corrected chi connectivity index (χ3v) is 4.80. The summed E-state index contributed by atoms with van der Waals surface area (Å²) in [7, 11) is 0. The molecule has 24 heavy (non-hydrogen) atoms. The number of para-hydroxylation sites is 1. The van der Waals surface area contributed by atoms with E-state index in [4.69, 9.17) is 9.97 Å². The molecule has 4 aromatic rings. The predicted octanol–water partition coefficient (Wildman–Crippen LogP) is 5.28. The Morgan fingerprint density at radius 2 is 1.75 bits per heavy atom. The van der Waals surface area contributed by atoms with Crippen LogP contribution in [0.25, 0.3) is 22.3 Å². The summed E-state index contributed by atoms with van der Waals surface area (Å²) in [4.78, 5) is 10.8. The summed E-state index contributed by atoms with van der Waals surface area (Å²) >= 11 is 1.74. The summed E-state index contributed by atoms with van der Waals surface area (Å²) in [6.45, 7) is 2.85. The number of anilines is 1. The van der Waals surface area contributed by atoms with Gasteiger partial charge in [-0.3, -0.25) is 0 Å². The number of thiophene rings is 1. The molecule has 0 amide bonds. The zero-order valence-corrected chi connectivity index (χ0v) is 14.2. The third-order valence-electron chi connectivity index (χ3n) is 3.92. The molecular weight excluding hydrogens is 314 g/mol. The van der Waals surface area contributed by atoms with Gasteiger partial charge in [-0.1, -0.05) is 48.0 Å². The van der Waals surface area contributed by atoms with E-state index in [0.717, 1.165) is 34.7 Å². The lowest BCUT2D eigenvalue weighted by molar-refractivity contribution is 1.13. The van der Waals surface area contributed by atoms with Crippen molar-refractivity contribution in [2.24, 2.45) is 0 Å². The highest BCUT2D eigenvalue weighted by molar-refractivity contribution is 7.09. The van der Waals surface area contributed by atoms with E-state index in [1.165, 1.54) is 10.4 Å². The summed E-state index contributed by atoms with van der Waals surface area (Å²) in [6, 6.07) is 20.6. The van der Waals surface area contributed by atoms with Gasteiger partial charge in [-0.15, -0.1) is 11.3 Å². The number of nitrogens with zero attached hydrogens (tertiary/aromatic N) is 2. The van der Waals surface area contributed by atoms with Crippen molar-refractivity contribution in [2.45, 2.75) is 13.5 Å². The molecule has 0 saturated heterocycles. The van der Waals surface area contributed by atoms with Gasteiger partial charge in [0, 0.05) is 15.8 Å². The standard InChI is InChI=1S/C20H17N3S/c1-14-8-10-15(11-9-14)19-22-18-7-3-2-6-17(18)20(23-19)21-13-16-5-4-12-24-16/h2-12H,13H2,1H3,(H,21,22,23). The lowest BCUT2D eigenvalue weighted by Gasteiger charge is -2.10. The maximum atomic E-state index is 4.78. The maximum Gasteiger partial charge on any atom is 0.162 e. The highest BCUT2D eigenvalue weighted by atomic mass is 32.1. The van der Waals surface area contributed by atoms with Gasteiger partial charge in [-0.05, 0) is 30.5 Å². The summed E-state index contributed by atoms with van der Waals surface area (Å²) in [5.74, 6) is 1.63. The minimum absolute atomic E-state index is 0.752. The first-order chi connectivity index (χ1) is 11.8. The van der Waals surface area contributed by atoms with Gasteiger partial charge >= 0.3 is 0 Å². The Balaban J connectivity index is 1.76. The van der Waals surface area contributed by atoms with E-state index in [1.54, 1.807) is 11.3 Å². The van der Waals surface area contributed by atoms with Crippen LogP contribution in [0.1, 0.15) is 10.4 Å². The number of fused-ring (bicyclic) bond motifs is 1. The molecule has 0 radical (unpaired) electrons. The fourth-order valence-electron chi connectivity index (χ4n) is 2.63. The minimum atomic E-state index is 0.752. The Hall–Kier alpha value is -2.72. The molecule has 0 saturated carbocycles. The molecule has 4 heteroatoms. The van der Waals surface area contributed by atoms with Gasteiger partial charge < -0.3 is 5.32 Å². The van der Waals surface area contributed by atoms with E-state index in [2.05, 4.69) is 60.1 Å². The van der Waals surface area contributed by atoms with Crippen LogP contribution in [0, 0.1) is 6.92 Å². The Kier molecular flexibility index (Phi) is 3.97. The first-order valence-corrected chi connectivity index (χ1v) is 8.78. The quantitative estimate of drug-likeness (QED) is 0.553. The van der Waals surface area contributed by atoms with Crippen LogP contribution in [0.5, 0.6) is 0 Å². The first-order valence-electron chi connectivity index (χ1n) is 7.90. The number of aryl methyl sites for hydroxylation is 1. The Morgan fingerprint density at radius 3 is 2.54 bits per heavy atom. The molecule has 0 aliphatic rings. The van der Waals surface area contributed by atoms with Crippen LogP contribution in [-0.2, 0) is 6.54 Å². The second-order valence-corrected chi connectivity index (χ2v) is 6.74. The summed E-state index contributed by atoms with van der Waals surface area (Å²) in [5, 5.41) is 6.61. The van der Waals surface area contributed by atoms with Gasteiger partial charge in [-0.25, -0.2) is 9.97 Å². The van der Waals surface area contributed by atoms with E-state index >= 15 is 0 Å². The van der Waals surface area contributed by atoms with E-state index in [9.17, 15) is 0 Å². The van der Waals surface area contributed by atoms with Crippen molar-refractivity contribution in [1.82, 2.24) is 9.97 Å². The van der Waals surface area contributed by atoms with Crippen molar-refractivity contribution >= 4 is 28.1 Å². The Labute approximate surface area is 145 Å². The second-order valence-electron chi connectivity index (χ2n) is 5.71. The van der Waals surface area contributed by atoms with Gasteiger partial charge in [0.05, 0.1) is 12.1 Å². The average Bonchev–Trinajstić information content (AvgIpc) is 3.13. The van der Waals surface area contributed by atoms with Gasteiger partial charge in [0.25, 0.3) is 0 Å². The molecule has 0 atom stereocenters. The molecular formula is C20H17N3S. The van der Waals surface area contributed by atoms with Gasteiger partial charge in [-0.2, -0.15) is 0 Å². The first kappa shape index (κ1) is 14.8. The zero-order chi connectivity index (χ0) is 16.4. The van der Waals surface area contributed by atoms with E-state index in [1.807, 2.05) is 18.2 Å². The van der Waals surface area contributed by atoms with Crippen LogP contribution in [0.2, 0.25) is 0 Å². The fraction of sp³-hybridized carbons (Fsp3) is 0.100. The minimum Gasteiger partial charge on any atom is -0.365 e. The summed E-state index contributed by atoms with van der Waals surface area (Å²) in [5.41, 5.74) is 3.22. The van der Waals surface area contributed by atoms with Crippen LogP contribution < -0.4 is 5.32 Å². The van der Waals surface area contributed by atoms with E-state index < -0.39 is 0 Å². The lowest BCUT2D eigenvalue weighted by Crippen LogP contribution is -2.03. The van der Waals surface area contributed by atoms with Crippen LogP contribution in [0.4, 0.5) is 5.82 Å². The topological polar surface area (TPSA) is 37.8 Å². The molecule has 0 spiro atoms. The van der Waals surface area contributed by atoms with Gasteiger partial charge in [0.2, 0.25) is 0 Å². The molecule has 3 nitrogen and oxygen atoms in total. The molecule has 2 aromatic carbocycles. The number of aromatic nitrogens is 2. The average molecular weight is 331 g/mol. The summed E-state index contributed by atoms with van der Waals surface area (Å²) in [6.07, 6.45) is 0. The van der Waals surface area contributed by atoms with Crippen LogP contribution in [0.15, 0.2) is 66.0 Å². The fourth-order valence-corrected chi connectivity index (χ4v) is 3.27. The van der Waals surface area contributed by atoms with Gasteiger partial charge in [0.15, 0.2) is 5.82 Å². The lowest BCUT2D eigenvalue weighted by atomic mass is 10.1. The van der Waals surface area contributed by atoms with Crippen LogP contribution in [0.3, 0.4) is 0 Å². The largest absolute Gasteiger partial charge is 0.365 e. The van der Waals surface area contributed by atoms with Crippen LogP contribution in [-0.4, -0.2) is 9.97 Å². The molecule has 0 aliphatic heterocycles. The highest BCUT2D eigenvalue weighted by Crippen LogP contribution is 2.25. The van der Waals surface area contributed by atoms with E-state index in [-0.39, 0.29) is 0 Å². The van der Waals surface area contributed by atoms with Crippen molar-refractivity contribution in [3.63, 3.8) is 0 Å². The number of rotatable bonds is 4. The Bertz CT molecular complexity index is 960. The van der Waals surface area contributed by atoms with E-state index in [0.29, 0.717) is 0 Å². The number of benzene rings is 2. The molecule has 2 aromatic heterocycles. The number of hydrogen-bond acceptors (Lipinski definition) is 4. The van der Waals surface area contributed by atoms with Crippen LogP contribution >= 0.6 is 11.3 Å². The predicted molar refractivity (Wildman–Crippen MR) is 101 cm³/mol. The Morgan fingerprint density at radius 1 is 0.917 bits per heavy atom. The molecule has 0 unspecified atom stereocenters. The molecule has 118 valence electrons.